The van der Waals surface area contributed by atoms with Gasteiger partial charge in [-0.2, -0.15) is 0 Å². The molecule has 0 aromatic rings. The first kappa shape index (κ1) is 9.23. The maximum atomic E-state index is 10.9. The summed E-state index contributed by atoms with van der Waals surface area (Å²) in [6.07, 6.45) is -0.334. The number of Topliss-reactive ketones (excluding diaryl/α,β-unsaturated/α-hetero) is 1. The van der Waals surface area contributed by atoms with Crippen LogP contribution >= 0.6 is 0 Å². The number of hydrogen-bond donors (Lipinski definition) is 0. The molecule has 0 aromatic heterocycles. The van der Waals surface area contributed by atoms with E-state index in [9.17, 15) is 4.79 Å². The fourth-order valence-corrected chi connectivity index (χ4v) is 1.00. The van der Waals surface area contributed by atoms with E-state index in [1.54, 1.807) is 0 Å². The SMILES string of the molecule is CC(=O)C1CN=C(C(C)(C)C)O1. The Bertz CT molecular complexity index is 225. The molecule has 3 heteroatoms. The van der Waals surface area contributed by atoms with Gasteiger partial charge < -0.3 is 4.74 Å². The average molecular weight is 169 g/mol. The molecule has 0 fully saturated rings. The highest BCUT2D eigenvalue weighted by Crippen LogP contribution is 2.22. The van der Waals surface area contributed by atoms with Gasteiger partial charge in [0.15, 0.2) is 17.8 Å². The zero-order chi connectivity index (χ0) is 9.35. The number of nitrogens with zero attached hydrogens (tertiary/aromatic N) is 1. The minimum atomic E-state index is -0.334. The number of ketones is 1. The fourth-order valence-electron chi connectivity index (χ4n) is 1.00. The highest BCUT2D eigenvalue weighted by molar-refractivity contribution is 5.90. The van der Waals surface area contributed by atoms with Crippen molar-refractivity contribution in [3.8, 4) is 0 Å². The molecule has 1 aliphatic heterocycles. The number of carbonyl (C=O) groups excluding carboxylic acids is 1. The first-order chi connectivity index (χ1) is 5.41. The first-order valence-electron chi connectivity index (χ1n) is 4.13. The lowest BCUT2D eigenvalue weighted by Gasteiger charge is -2.18. The van der Waals surface area contributed by atoms with E-state index in [1.807, 2.05) is 20.8 Å². The van der Waals surface area contributed by atoms with Gasteiger partial charge >= 0.3 is 0 Å². The van der Waals surface area contributed by atoms with Gasteiger partial charge in [0, 0.05) is 5.41 Å². The summed E-state index contributed by atoms with van der Waals surface area (Å²) in [5, 5.41) is 0. The predicted octanol–water partition coefficient (Wildman–Crippen LogP) is 1.42. The van der Waals surface area contributed by atoms with Crippen LogP contribution in [-0.4, -0.2) is 24.3 Å². The van der Waals surface area contributed by atoms with Crippen molar-refractivity contribution in [1.29, 1.82) is 0 Å². The minimum absolute atomic E-state index is 0.0537. The molecule has 0 amide bonds. The molecule has 0 aromatic carbocycles. The maximum absolute atomic E-state index is 10.9. The van der Waals surface area contributed by atoms with Gasteiger partial charge in [0.1, 0.15) is 0 Å². The Morgan fingerprint density at radius 2 is 2.17 bits per heavy atom. The third-order valence-electron chi connectivity index (χ3n) is 1.75. The molecule has 0 bridgehead atoms. The largest absolute Gasteiger partial charge is 0.467 e. The summed E-state index contributed by atoms with van der Waals surface area (Å²) in [5.74, 6) is 0.751. The van der Waals surface area contributed by atoms with Gasteiger partial charge in [-0.05, 0) is 6.92 Å². The van der Waals surface area contributed by atoms with Gasteiger partial charge in [0.2, 0.25) is 0 Å². The lowest BCUT2D eigenvalue weighted by Crippen LogP contribution is -2.27. The summed E-state index contributed by atoms with van der Waals surface area (Å²) in [6, 6.07) is 0. The van der Waals surface area contributed by atoms with Gasteiger partial charge in [0.05, 0.1) is 6.54 Å². The maximum Gasteiger partial charge on any atom is 0.189 e. The summed E-state index contributed by atoms with van der Waals surface area (Å²) < 4.78 is 5.39. The Morgan fingerprint density at radius 3 is 2.42 bits per heavy atom. The predicted molar refractivity (Wildman–Crippen MR) is 47.3 cm³/mol. The van der Waals surface area contributed by atoms with Gasteiger partial charge in [0.25, 0.3) is 0 Å². The van der Waals surface area contributed by atoms with Gasteiger partial charge in [-0.3, -0.25) is 9.79 Å². The summed E-state index contributed by atoms with van der Waals surface area (Å²) in [4.78, 5) is 15.1. The number of hydrogen-bond acceptors (Lipinski definition) is 3. The van der Waals surface area contributed by atoms with Gasteiger partial charge in [-0.25, -0.2) is 0 Å². The summed E-state index contributed by atoms with van der Waals surface area (Å²) >= 11 is 0. The summed E-state index contributed by atoms with van der Waals surface area (Å²) in [5.41, 5.74) is -0.0792. The average Bonchev–Trinajstić information content (AvgIpc) is 2.30. The van der Waals surface area contributed by atoms with Crippen LogP contribution in [0.5, 0.6) is 0 Å². The summed E-state index contributed by atoms with van der Waals surface area (Å²) in [6.45, 7) is 8.09. The quantitative estimate of drug-likeness (QED) is 0.595. The third-order valence-corrected chi connectivity index (χ3v) is 1.75. The molecule has 1 atom stereocenters. The Labute approximate surface area is 72.8 Å². The van der Waals surface area contributed by atoms with Crippen molar-refractivity contribution in [3.63, 3.8) is 0 Å². The van der Waals surface area contributed by atoms with E-state index in [0.717, 1.165) is 0 Å². The third kappa shape index (κ3) is 1.84. The van der Waals surface area contributed by atoms with Crippen molar-refractivity contribution < 1.29 is 9.53 Å². The van der Waals surface area contributed by atoms with E-state index in [1.165, 1.54) is 6.92 Å². The molecule has 0 saturated carbocycles. The van der Waals surface area contributed by atoms with Crippen molar-refractivity contribution in [2.24, 2.45) is 10.4 Å². The fraction of sp³-hybridized carbons (Fsp3) is 0.778. The van der Waals surface area contributed by atoms with Crippen LogP contribution in [0.2, 0.25) is 0 Å². The second-order valence-electron chi connectivity index (χ2n) is 4.11. The van der Waals surface area contributed by atoms with Gasteiger partial charge in [-0.1, -0.05) is 20.8 Å². The lowest BCUT2D eigenvalue weighted by atomic mass is 9.97. The molecule has 3 nitrogen and oxygen atoms in total. The molecule has 0 radical (unpaired) electrons. The van der Waals surface area contributed by atoms with Crippen molar-refractivity contribution in [3.05, 3.63) is 0 Å². The zero-order valence-electron chi connectivity index (χ0n) is 8.05. The van der Waals surface area contributed by atoms with Crippen molar-refractivity contribution in [1.82, 2.24) is 0 Å². The van der Waals surface area contributed by atoms with Crippen LogP contribution < -0.4 is 0 Å². The van der Waals surface area contributed by atoms with E-state index in [0.29, 0.717) is 12.4 Å². The molecule has 0 spiro atoms. The van der Waals surface area contributed by atoms with Gasteiger partial charge in [-0.15, -0.1) is 0 Å². The second kappa shape index (κ2) is 2.88. The van der Waals surface area contributed by atoms with E-state index < -0.39 is 0 Å². The Hall–Kier alpha value is -0.860. The first-order valence-corrected chi connectivity index (χ1v) is 4.13. The van der Waals surface area contributed by atoms with E-state index in [4.69, 9.17) is 4.74 Å². The van der Waals surface area contributed by atoms with Crippen molar-refractivity contribution in [2.45, 2.75) is 33.8 Å². The molecular formula is C9H15NO2. The molecule has 1 unspecified atom stereocenters. The molecule has 1 aliphatic rings. The van der Waals surface area contributed by atoms with Crippen LogP contribution in [-0.2, 0) is 9.53 Å². The smallest absolute Gasteiger partial charge is 0.189 e. The van der Waals surface area contributed by atoms with E-state index in [2.05, 4.69) is 4.99 Å². The van der Waals surface area contributed by atoms with E-state index in [-0.39, 0.29) is 17.3 Å². The second-order valence-corrected chi connectivity index (χ2v) is 4.11. The molecule has 0 N–H and O–H groups in total. The van der Waals surface area contributed by atoms with Crippen LogP contribution in [0.25, 0.3) is 0 Å². The van der Waals surface area contributed by atoms with E-state index >= 15 is 0 Å². The van der Waals surface area contributed by atoms with Crippen molar-refractivity contribution >= 4 is 11.7 Å². The van der Waals surface area contributed by atoms with Crippen LogP contribution in [0.1, 0.15) is 27.7 Å². The number of aliphatic imine (C=N–C) groups is 1. The molecule has 0 aliphatic carbocycles. The van der Waals surface area contributed by atoms with Crippen LogP contribution in [0, 0.1) is 5.41 Å². The molecule has 1 rings (SSSR count). The Kier molecular flexibility index (Phi) is 2.22. The highest BCUT2D eigenvalue weighted by Gasteiger charge is 2.30. The van der Waals surface area contributed by atoms with Crippen LogP contribution in [0.15, 0.2) is 4.99 Å². The molecule has 12 heavy (non-hydrogen) atoms. The number of carbonyl (C=O) groups is 1. The number of ether oxygens (including phenoxy) is 1. The summed E-state index contributed by atoms with van der Waals surface area (Å²) in [7, 11) is 0. The zero-order valence-corrected chi connectivity index (χ0v) is 8.05. The van der Waals surface area contributed by atoms with Crippen LogP contribution in [0.3, 0.4) is 0 Å². The topological polar surface area (TPSA) is 38.7 Å². The molecular weight excluding hydrogens is 154 g/mol. The molecule has 0 saturated heterocycles. The standard InChI is InChI=1S/C9H15NO2/c1-6(11)7-5-10-8(12-7)9(2,3)4/h7H,5H2,1-4H3. The normalized spacial score (nSPS) is 23.3. The minimum Gasteiger partial charge on any atom is -0.467 e. The van der Waals surface area contributed by atoms with Crippen LogP contribution in [0.4, 0.5) is 0 Å². The lowest BCUT2D eigenvalue weighted by molar-refractivity contribution is -0.123. The molecule has 68 valence electrons. The monoisotopic (exact) mass is 169 g/mol. The van der Waals surface area contributed by atoms with Crippen molar-refractivity contribution in [2.75, 3.05) is 6.54 Å². The Morgan fingerprint density at radius 1 is 1.58 bits per heavy atom. The highest BCUT2D eigenvalue weighted by atomic mass is 16.5. The number of rotatable bonds is 1. The molecule has 1 heterocycles. The Balaban J connectivity index is 2.61.